The number of benzene rings is 2. The maximum atomic E-state index is 10.8. The van der Waals surface area contributed by atoms with Crippen molar-refractivity contribution < 1.29 is 5.11 Å². The zero-order valence-electron chi connectivity index (χ0n) is 10.1. The first-order valence-electron chi connectivity index (χ1n) is 6.23. The molecular formula is C16H15BrO. The highest BCUT2D eigenvalue weighted by Crippen LogP contribution is 2.37. The van der Waals surface area contributed by atoms with Gasteiger partial charge in [0.05, 0.1) is 5.60 Å². The van der Waals surface area contributed by atoms with Gasteiger partial charge in [0.25, 0.3) is 0 Å². The largest absolute Gasteiger partial charge is 0.385 e. The number of aliphatic hydroxyl groups is 1. The molecule has 0 fully saturated rings. The minimum atomic E-state index is -0.706. The molecule has 0 spiro atoms. The van der Waals surface area contributed by atoms with Gasteiger partial charge in [0.1, 0.15) is 0 Å². The number of rotatable bonds is 1. The summed E-state index contributed by atoms with van der Waals surface area (Å²) < 4.78 is 1.12. The van der Waals surface area contributed by atoms with Gasteiger partial charge in [0, 0.05) is 10.9 Å². The summed E-state index contributed by atoms with van der Waals surface area (Å²) in [6, 6.07) is 16.3. The van der Waals surface area contributed by atoms with E-state index in [2.05, 4.69) is 34.1 Å². The molecule has 1 atom stereocenters. The van der Waals surface area contributed by atoms with Crippen molar-refractivity contribution in [1.82, 2.24) is 0 Å². The Balaban J connectivity index is 1.97. The van der Waals surface area contributed by atoms with E-state index in [4.69, 9.17) is 0 Å². The van der Waals surface area contributed by atoms with Crippen LogP contribution in [0.15, 0.2) is 53.0 Å². The lowest BCUT2D eigenvalue weighted by molar-refractivity contribution is 0.0222. The van der Waals surface area contributed by atoms with Crippen LogP contribution in [0.2, 0.25) is 0 Å². The van der Waals surface area contributed by atoms with Crippen LogP contribution in [0.5, 0.6) is 0 Å². The van der Waals surface area contributed by atoms with Gasteiger partial charge in [0.15, 0.2) is 0 Å². The second-order valence-corrected chi connectivity index (χ2v) is 5.90. The predicted molar refractivity (Wildman–Crippen MR) is 76.5 cm³/mol. The summed E-state index contributed by atoms with van der Waals surface area (Å²) in [5, 5.41) is 10.8. The Labute approximate surface area is 116 Å². The molecule has 0 bridgehead atoms. The van der Waals surface area contributed by atoms with Gasteiger partial charge < -0.3 is 5.11 Å². The smallest absolute Gasteiger partial charge is 0.0940 e. The lowest BCUT2D eigenvalue weighted by Crippen LogP contribution is -2.33. The molecule has 92 valence electrons. The van der Waals surface area contributed by atoms with Gasteiger partial charge in [-0.05, 0) is 41.7 Å². The second-order valence-electron chi connectivity index (χ2n) is 4.99. The summed E-state index contributed by atoms with van der Waals surface area (Å²) in [5.41, 5.74) is 2.93. The molecule has 2 aromatic rings. The highest BCUT2D eigenvalue weighted by molar-refractivity contribution is 9.10. The van der Waals surface area contributed by atoms with E-state index in [-0.39, 0.29) is 0 Å². The number of aryl methyl sites for hydroxylation is 1. The zero-order valence-corrected chi connectivity index (χ0v) is 11.7. The van der Waals surface area contributed by atoms with Gasteiger partial charge in [0.2, 0.25) is 0 Å². The van der Waals surface area contributed by atoms with Gasteiger partial charge in [-0.15, -0.1) is 0 Å². The molecule has 0 aromatic heterocycles. The molecule has 1 unspecified atom stereocenters. The van der Waals surface area contributed by atoms with Crippen molar-refractivity contribution in [3.63, 3.8) is 0 Å². The van der Waals surface area contributed by atoms with Crippen molar-refractivity contribution in [3.8, 4) is 0 Å². The van der Waals surface area contributed by atoms with E-state index in [0.717, 1.165) is 22.9 Å². The maximum absolute atomic E-state index is 10.8. The molecule has 2 aromatic carbocycles. The molecule has 0 heterocycles. The first kappa shape index (κ1) is 11.9. The monoisotopic (exact) mass is 302 g/mol. The van der Waals surface area contributed by atoms with Crippen LogP contribution < -0.4 is 0 Å². The van der Waals surface area contributed by atoms with Crippen LogP contribution in [0.25, 0.3) is 0 Å². The average molecular weight is 303 g/mol. The quantitative estimate of drug-likeness (QED) is 0.849. The Hall–Kier alpha value is -1.12. The second kappa shape index (κ2) is 4.52. The van der Waals surface area contributed by atoms with Crippen LogP contribution in [-0.4, -0.2) is 5.11 Å². The van der Waals surface area contributed by atoms with Crippen molar-refractivity contribution in [2.45, 2.75) is 24.9 Å². The van der Waals surface area contributed by atoms with Crippen LogP contribution in [0.3, 0.4) is 0 Å². The normalized spacial score (nSPS) is 22.6. The lowest BCUT2D eigenvalue weighted by atomic mass is 9.76. The van der Waals surface area contributed by atoms with Crippen LogP contribution in [0.1, 0.15) is 23.1 Å². The molecule has 0 saturated heterocycles. The molecule has 1 aliphatic rings. The average Bonchev–Trinajstić information content (AvgIpc) is 2.40. The highest BCUT2D eigenvalue weighted by Gasteiger charge is 2.33. The summed E-state index contributed by atoms with van der Waals surface area (Å²) in [5.74, 6) is 0. The van der Waals surface area contributed by atoms with Crippen molar-refractivity contribution in [3.05, 3.63) is 69.7 Å². The van der Waals surface area contributed by atoms with Gasteiger partial charge in [-0.3, -0.25) is 0 Å². The van der Waals surface area contributed by atoms with Gasteiger partial charge >= 0.3 is 0 Å². The Morgan fingerprint density at radius 3 is 2.56 bits per heavy atom. The molecule has 0 radical (unpaired) electrons. The molecule has 0 aliphatic heterocycles. The van der Waals surface area contributed by atoms with Crippen LogP contribution >= 0.6 is 15.9 Å². The van der Waals surface area contributed by atoms with Crippen molar-refractivity contribution in [2.75, 3.05) is 0 Å². The molecule has 1 nitrogen and oxygen atoms in total. The number of halogens is 1. The van der Waals surface area contributed by atoms with Crippen molar-refractivity contribution >= 4 is 15.9 Å². The fourth-order valence-corrected chi connectivity index (χ4v) is 3.15. The minimum Gasteiger partial charge on any atom is -0.385 e. The van der Waals surface area contributed by atoms with Crippen LogP contribution in [0, 0.1) is 0 Å². The molecule has 0 amide bonds. The summed E-state index contributed by atoms with van der Waals surface area (Å²) in [6.45, 7) is 0. The van der Waals surface area contributed by atoms with E-state index < -0.39 is 5.60 Å². The molecular weight excluding hydrogens is 288 g/mol. The first-order chi connectivity index (χ1) is 8.67. The molecule has 1 aliphatic carbocycles. The molecule has 18 heavy (non-hydrogen) atoms. The van der Waals surface area contributed by atoms with Crippen LogP contribution in [-0.2, 0) is 18.4 Å². The Kier molecular flexibility index (Phi) is 3.00. The van der Waals surface area contributed by atoms with E-state index in [1.54, 1.807) is 0 Å². The molecule has 0 saturated carbocycles. The summed E-state index contributed by atoms with van der Waals surface area (Å²) in [4.78, 5) is 0. The Morgan fingerprint density at radius 2 is 1.78 bits per heavy atom. The van der Waals surface area contributed by atoms with Crippen molar-refractivity contribution in [1.29, 1.82) is 0 Å². The van der Waals surface area contributed by atoms with E-state index in [9.17, 15) is 5.11 Å². The van der Waals surface area contributed by atoms with Gasteiger partial charge in [-0.2, -0.15) is 0 Å². The number of hydrogen-bond donors (Lipinski definition) is 1. The predicted octanol–water partition coefficient (Wildman–Crippen LogP) is 3.83. The van der Waals surface area contributed by atoms with Gasteiger partial charge in [-0.1, -0.05) is 52.3 Å². The fraction of sp³-hybridized carbons (Fsp3) is 0.250. The summed E-state index contributed by atoms with van der Waals surface area (Å²) in [6.07, 6.45) is 2.43. The zero-order chi connectivity index (χ0) is 12.6. The van der Waals surface area contributed by atoms with E-state index in [1.165, 1.54) is 11.1 Å². The van der Waals surface area contributed by atoms with Crippen LogP contribution in [0.4, 0.5) is 0 Å². The first-order valence-corrected chi connectivity index (χ1v) is 7.02. The molecule has 1 N–H and O–H groups in total. The number of hydrogen-bond acceptors (Lipinski definition) is 1. The Bertz CT molecular complexity index is 565. The fourth-order valence-electron chi connectivity index (χ4n) is 2.74. The Morgan fingerprint density at radius 1 is 1.00 bits per heavy atom. The van der Waals surface area contributed by atoms with E-state index in [0.29, 0.717) is 6.42 Å². The third-order valence-electron chi connectivity index (χ3n) is 3.77. The summed E-state index contributed by atoms with van der Waals surface area (Å²) in [7, 11) is 0. The van der Waals surface area contributed by atoms with Crippen molar-refractivity contribution in [2.24, 2.45) is 0 Å². The SMILES string of the molecule is OC1(c2ccccc2)CCc2cc(Br)ccc2C1. The standard InChI is InChI=1S/C16H15BrO/c17-15-7-6-13-11-16(18,9-8-12(13)10-15)14-4-2-1-3-5-14/h1-7,10,18H,8-9,11H2. The summed E-state index contributed by atoms with van der Waals surface area (Å²) >= 11 is 3.50. The third kappa shape index (κ3) is 2.11. The van der Waals surface area contributed by atoms with E-state index in [1.807, 2.05) is 30.3 Å². The molecule has 3 rings (SSSR count). The maximum Gasteiger partial charge on any atom is 0.0940 e. The minimum absolute atomic E-state index is 0.706. The van der Waals surface area contributed by atoms with E-state index >= 15 is 0 Å². The molecule has 2 heteroatoms. The number of fused-ring (bicyclic) bond motifs is 1. The lowest BCUT2D eigenvalue weighted by Gasteiger charge is -2.34. The third-order valence-corrected chi connectivity index (χ3v) is 4.26. The highest BCUT2D eigenvalue weighted by atomic mass is 79.9. The topological polar surface area (TPSA) is 20.2 Å². The van der Waals surface area contributed by atoms with Gasteiger partial charge in [-0.25, -0.2) is 0 Å².